The minimum absolute atomic E-state index is 0.118. The van der Waals surface area contributed by atoms with E-state index in [0.29, 0.717) is 10.2 Å². The maximum atomic E-state index is 12.2. The zero-order valence-corrected chi connectivity index (χ0v) is 13.6. The molecule has 6 heteroatoms. The lowest BCUT2D eigenvalue weighted by atomic mass is 9.89. The van der Waals surface area contributed by atoms with Gasteiger partial charge in [0.25, 0.3) is 5.91 Å². The second-order valence-electron chi connectivity index (χ2n) is 5.57. The van der Waals surface area contributed by atoms with Gasteiger partial charge in [-0.05, 0) is 42.1 Å². The summed E-state index contributed by atoms with van der Waals surface area (Å²) >= 11 is 3.37. The second kappa shape index (κ2) is 6.05. The Labute approximate surface area is 122 Å². The van der Waals surface area contributed by atoms with Gasteiger partial charge in [-0.3, -0.25) is 9.89 Å². The zero-order valence-electron chi connectivity index (χ0n) is 12.0. The number of aryl methyl sites for hydroxylation is 1. The van der Waals surface area contributed by atoms with E-state index in [1.165, 1.54) is 0 Å². The van der Waals surface area contributed by atoms with Crippen LogP contribution in [0.5, 0.6) is 0 Å². The molecule has 1 rings (SSSR count). The molecule has 0 saturated heterocycles. The minimum atomic E-state index is -0.986. The van der Waals surface area contributed by atoms with E-state index >= 15 is 0 Å². The Bertz CT molecular complexity index is 449. The number of hydrogen-bond donors (Lipinski definition) is 3. The Morgan fingerprint density at radius 3 is 2.47 bits per heavy atom. The van der Waals surface area contributed by atoms with Crippen molar-refractivity contribution in [2.45, 2.75) is 52.7 Å². The van der Waals surface area contributed by atoms with Gasteiger partial charge in [0, 0.05) is 5.69 Å². The molecule has 3 N–H and O–H groups in total. The number of nitrogens with zero attached hydrogens (tertiary/aromatic N) is 1. The van der Waals surface area contributed by atoms with E-state index in [-0.39, 0.29) is 17.9 Å². The maximum Gasteiger partial charge on any atom is 0.273 e. The monoisotopic (exact) mass is 331 g/mol. The lowest BCUT2D eigenvalue weighted by molar-refractivity contribution is 0.0193. The molecule has 0 saturated carbocycles. The molecule has 0 aliphatic heterocycles. The molecule has 1 aromatic heterocycles. The van der Waals surface area contributed by atoms with Gasteiger partial charge in [0.05, 0.1) is 16.1 Å². The van der Waals surface area contributed by atoms with E-state index in [0.717, 1.165) is 12.1 Å². The Morgan fingerprint density at radius 1 is 1.53 bits per heavy atom. The fourth-order valence-electron chi connectivity index (χ4n) is 2.12. The molecular weight excluding hydrogens is 310 g/mol. The Kier molecular flexibility index (Phi) is 5.15. The number of amides is 1. The SMILES string of the molecule is CCc1[nH]nc(C(=O)N[C@@H](C(C)C)C(C)(C)O)c1Br. The van der Waals surface area contributed by atoms with Crippen LogP contribution >= 0.6 is 15.9 Å². The van der Waals surface area contributed by atoms with Gasteiger partial charge in [0.1, 0.15) is 0 Å². The van der Waals surface area contributed by atoms with Crippen molar-refractivity contribution in [1.82, 2.24) is 15.5 Å². The molecule has 5 nitrogen and oxygen atoms in total. The lowest BCUT2D eigenvalue weighted by Crippen LogP contribution is -2.52. The molecule has 1 heterocycles. The van der Waals surface area contributed by atoms with Crippen LogP contribution in [0.1, 0.15) is 50.8 Å². The third-order valence-corrected chi connectivity index (χ3v) is 3.91. The number of halogens is 1. The molecule has 1 aromatic rings. The van der Waals surface area contributed by atoms with Crippen LogP contribution in [-0.4, -0.2) is 32.9 Å². The first-order valence-corrected chi connectivity index (χ1v) is 7.23. The Balaban J connectivity index is 2.91. The summed E-state index contributed by atoms with van der Waals surface area (Å²) in [5, 5.41) is 19.8. The van der Waals surface area contributed by atoms with E-state index in [2.05, 4.69) is 31.4 Å². The Morgan fingerprint density at radius 2 is 2.11 bits per heavy atom. The highest BCUT2D eigenvalue weighted by molar-refractivity contribution is 9.10. The van der Waals surface area contributed by atoms with Crippen LogP contribution in [0.15, 0.2) is 4.47 Å². The van der Waals surface area contributed by atoms with Crippen LogP contribution in [-0.2, 0) is 6.42 Å². The third kappa shape index (κ3) is 3.79. The van der Waals surface area contributed by atoms with Gasteiger partial charge in [-0.1, -0.05) is 20.8 Å². The van der Waals surface area contributed by atoms with Crippen LogP contribution in [0.25, 0.3) is 0 Å². The normalized spacial score (nSPS) is 13.7. The molecule has 0 unspecified atom stereocenters. The number of hydrogen-bond acceptors (Lipinski definition) is 3. The van der Waals surface area contributed by atoms with E-state index in [1.54, 1.807) is 13.8 Å². The average Bonchev–Trinajstić information content (AvgIpc) is 2.65. The fourth-order valence-corrected chi connectivity index (χ4v) is 2.76. The smallest absolute Gasteiger partial charge is 0.273 e. The number of rotatable bonds is 5. The highest BCUT2D eigenvalue weighted by Gasteiger charge is 2.32. The first-order chi connectivity index (χ1) is 8.68. The van der Waals surface area contributed by atoms with Crippen molar-refractivity contribution in [2.24, 2.45) is 5.92 Å². The molecule has 0 bridgehead atoms. The van der Waals surface area contributed by atoms with Crippen LogP contribution in [0, 0.1) is 5.92 Å². The van der Waals surface area contributed by atoms with Crippen LogP contribution in [0.2, 0.25) is 0 Å². The predicted octanol–water partition coefficient (Wildman–Crippen LogP) is 2.26. The van der Waals surface area contributed by atoms with Crippen molar-refractivity contribution in [3.63, 3.8) is 0 Å². The van der Waals surface area contributed by atoms with Gasteiger partial charge < -0.3 is 10.4 Å². The molecule has 1 atom stereocenters. The van der Waals surface area contributed by atoms with Crippen LogP contribution in [0.4, 0.5) is 0 Å². The highest BCUT2D eigenvalue weighted by atomic mass is 79.9. The minimum Gasteiger partial charge on any atom is -0.388 e. The first kappa shape index (κ1) is 16.2. The number of nitrogens with one attached hydrogen (secondary N) is 2. The summed E-state index contributed by atoms with van der Waals surface area (Å²) in [6, 6.07) is -0.339. The second-order valence-corrected chi connectivity index (χ2v) is 6.36. The summed E-state index contributed by atoms with van der Waals surface area (Å²) in [7, 11) is 0. The highest BCUT2D eigenvalue weighted by Crippen LogP contribution is 2.21. The van der Waals surface area contributed by atoms with Crippen molar-refractivity contribution >= 4 is 21.8 Å². The molecule has 0 aromatic carbocycles. The van der Waals surface area contributed by atoms with Crippen molar-refractivity contribution < 1.29 is 9.90 Å². The molecule has 0 aliphatic rings. The summed E-state index contributed by atoms with van der Waals surface area (Å²) in [4.78, 5) is 12.2. The molecule has 0 radical (unpaired) electrons. The van der Waals surface area contributed by atoms with E-state index in [9.17, 15) is 9.90 Å². The molecule has 0 spiro atoms. The molecule has 108 valence electrons. The van der Waals surface area contributed by atoms with Crippen molar-refractivity contribution in [1.29, 1.82) is 0 Å². The number of aromatic nitrogens is 2. The zero-order chi connectivity index (χ0) is 14.8. The van der Waals surface area contributed by atoms with Gasteiger partial charge >= 0.3 is 0 Å². The summed E-state index contributed by atoms with van der Waals surface area (Å²) in [6.45, 7) is 9.28. The largest absolute Gasteiger partial charge is 0.388 e. The summed E-state index contributed by atoms with van der Waals surface area (Å²) in [5.41, 5.74) is 0.224. The third-order valence-electron chi connectivity index (χ3n) is 3.06. The number of carbonyl (C=O) groups excluding carboxylic acids is 1. The molecule has 1 amide bonds. The topological polar surface area (TPSA) is 78.0 Å². The van der Waals surface area contributed by atoms with Crippen LogP contribution < -0.4 is 5.32 Å². The van der Waals surface area contributed by atoms with Gasteiger partial charge in [-0.25, -0.2) is 0 Å². The number of H-pyrrole nitrogens is 1. The summed E-state index contributed by atoms with van der Waals surface area (Å²) in [6.07, 6.45) is 0.764. The molecule has 0 aliphatic carbocycles. The first-order valence-electron chi connectivity index (χ1n) is 6.44. The quantitative estimate of drug-likeness (QED) is 0.774. The summed E-state index contributed by atoms with van der Waals surface area (Å²) in [5.74, 6) is -0.170. The average molecular weight is 332 g/mol. The van der Waals surface area contributed by atoms with E-state index in [1.807, 2.05) is 20.8 Å². The summed E-state index contributed by atoms with van der Waals surface area (Å²) < 4.78 is 0.686. The van der Waals surface area contributed by atoms with Gasteiger partial charge in [-0.2, -0.15) is 5.10 Å². The molecule has 0 fully saturated rings. The Hall–Kier alpha value is -0.880. The molecular formula is C13H22BrN3O2. The van der Waals surface area contributed by atoms with Crippen molar-refractivity contribution in [3.05, 3.63) is 15.9 Å². The number of aromatic amines is 1. The lowest BCUT2D eigenvalue weighted by Gasteiger charge is -2.33. The number of carbonyl (C=O) groups is 1. The van der Waals surface area contributed by atoms with Crippen molar-refractivity contribution in [2.75, 3.05) is 0 Å². The predicted molar refractivity (Wildman–Crippen MR) is 78.1 cm³/mol. The van der Waals surface area contributed by atoms with Crippen LogP contribution in [0.3, 0.4) is 0 Å². The van der Waals surface area contributed by atoms with Gasteiger partial charge in [0.2, 0.25) is 0 Å². The van der Waals surface area contributed by atoms with Gasteiger partial charge in [-0.15, -0.1) is 0 Å². The van der Waals surface area contributed by atoms with Gasteiger partial charge in [0.15, 0.2) is 5.69 Å². The van der Waals surface area contributed by atoms with Crippen molar-refractivity contribution in [3.8, 4) is 0 Å². The maximum absolute atomic E-state index is 12.2. The van der Waals surface area contributed by atoms with E-state index in [4.69, 9.17) is 0 Å². The van der Waals surface area contributed by atoms with E-state index < -0.39 is 5.60 Å². The fraction of sp³-hybridized carbons (Fsp3) is 0.692. The number of aliphatic hydroxyl groups is 1. The standard InChI is InChI=1S/C13H22BrN3O2/c1-6-8-9(14)10(17-16-8)12(18)15-11(7(2)3)13(4,5)19/h7,11,19H,6H2,1-5H3,(H,15,18)(H,16,17)/t11-/m0/s1. The molecule has 19 heavy (non-hydrogen) atoms.